The fourth-order valence-corrected chi connectivity index (χ4v) is 4.65. The molecule has 0 radical (unpaired) electrons. The van der Waals surface area contributed by atoms with Crippen molar-refractivity contribution < 1.29 is 9.18 Å². The van der Waals surface area contributed by atoms with Gasteiger partial charge in [0.15, 0.2) is 0 Å². The van der Waals surface area contributed by atoms with Crippen LogP contribution in [-0.2, 0) is 6.54 Å². The number of halogens is 2. The second-order valence-corrected chi connectivity index (χ2v) is 8.96. The first-order valence-corrected chi connectivity index (χ1v) is 11.4. The summed E-state index contributed by atoms with van der Waals surface area (Å²) >= 11 is 7.54. The van der Waals surface area contributed by atoms with Crippen molar-refractivity contribution in [1.82, 2.24) is 9.97 Å². The van der Waals surface area contributed by atoms with Crippen molar-refractivity contribution in [2.24, 2.45) is 0 Å². The Hall–Kier alpha value is -3.61. The van der Waals surface area contributed by atoms with Crippen LogP contribution in [0.5, 0.6) is 0 Å². The lowest BCUT2D eigenvalue weighted by Gasteiger charge is -2.22. The normalized spacial score (nSPS) is 11.0. The van der Waals surface area contributed by atoms with E-state index < -0.39 is 11.7 Å². The molecule has 0 aliphatic carbocycles. The molecule has 2 aromatic heterocycles. The molecule has 0 aliphatic rings. The molecular weight excluding hydrogens is 457 g/mol. The number of carbonyl (C=O) groups is 1. The smallest absolute Gasteiger partial charge is 0.278 e. The summed E-state index contributed by atoms with van der Waals surface area (Å²) in [5.74, 6) is -0.895. The van der Waals surface area contributed by atoms with Crippen molar-refractivity contribution in [3.63, 3.8) is 0 Å². The van der Waals surface area contributed by atoms with E-state index >= 15 is 0 Å². The van der Waals surface area contributed by atoms with Crippen LogP contribution in [0.4, 0.5) is 10.1 Å². The first-order valence-electron chi connectivity index (χ1n) is 10.2. The van der Waals surface area contributed by atoms with E-state index in [1.807, 2.05) is 54.6 Å². The first-order chi connectivity index (χ1) is 16.1. The summed E-state index contributed by atoms with van der Waals surface area (Å²) in [6.45, 7) is 0.201. The summed E-state index contributed by atoms with van der Waals surface area (Å²) in [5.41, 5.74) is 2.68. The number of thiophene rings is 1. The minimum atomic E-state index is -0.478. The van der Waals surface area contributed by atoms with Gasteiger partial charge in [0.2, 0.25) is 0 Å². The van der Waals surface area contributed by atoms with Gasteiger partial charge in [0, 0.05) is 14.8 Å². The molecule has 5 rings (SSSR count). The molecule has 0 unspecified atom stereocenters. The van der Waals surface area contributed by atoms with Crippen molar-refractivity contribution in [2.45, 2.75) is 6.54 Å². The van der Waals surface area contributed by atoms with E-state index in [4.69, 9.17) is 11.6 Å². The lowest BCUT2D eigenvalue weighted by Crippen LogP contribution is -2.31. The number of aromatic nitrogens is 2. The number of benzene rings is 3. The quantitative estimate of drug-likeness (QED) is 0.276. The van der Waals surface area contributed by atoms with Crippen LogP contribution >= 0.6 is 22.9 Å². The molecular formula is C26H17ClFN3OS. The Balaban J connectivity index is 1.50. The molecule has 0 spiro atoms. The topological polar surface area (TPSA) is 46.1 Å². The van der Waals surface area contributed by atoms with Crippen molar-refractivity contribution >= 4 is 45.6 Å². The number of nitrogens with zero attached hydrogens (tertiary/aromatic N) is 3. The molecule has 7 heteroatoms. The maximum Gasteiger partial charge on any atom is 0.278 e. The largest absolute Gasteiger partial charge is 0.299 e. The average Bonchev–Trinajstić information content (AvgIpc) is 3.31. The van der Waals surface area contributed by atoms with Crippen molar-refractivity contribution in [1.29, 1.82) is 0 Å². The van der Waals surface area contributed by atoms with Crippen LogP contribution in [0.3, 0.4) is 0 Å². The van der Waals surface area contributed by atoms with Crippen LogP contribution in [-0.4, -0.2) is 15.9 Å². The molecule has 0 aliphatic heterocycles. The third-order valence-corrected chi connectivity index (χ3v) is 6.53. The molecule has 3 aromatic carbocycles. The summed E-state index contributed by atoms with van der Waals surface area (Å²) < 4.78 is 14.7. The molecule has 0 fully saturated rings. The number of amides is 1. The van der Waals surface area contributed by atoms with Gasteiger partial charge in [-0.2, -0.15) is 0 Å². The molecule has 0 atom stereocenters. The van der Waals surface area contributed by atoms with E-state index in [0.717, 1.165) is 15.3 Å². The molecule has 4 nitrogen and oxygen atoms in total. The van der Waals surface area contributed by atoms with Gasteiger partial charge in [0.1, 0.15) is 11.5 Å². The molecule has 2 heterocycles. The van der Waals surface area contributed by atoms with Gasteiger partial charge in [-0.25, -0.2) is 9.37 Å². The van der Waals surface area contributed by atoms with Gasteiger partial charge < -0.3 is 0 Å². The van der Waals surface area contributed by atoms with E-state index in [1.54, 1.807) is 35.6 Å². The highest BCUT2D eigenvalue weighted by atomic mass is 35.5. The van der Waals surface area contributed by atoms with Crippen molar-refractivity contribution in [3.8, 4) is 10.4 Å². The Labute approximate surface area is 198 Å². The zero-order valence-corrected chi connectivity index (χ0v) is 18.9. The maximum atomic E-state index is 14.7. The zero-order valence-electron chi connectivity index (χ0n) is 17.3. The molecule has 1 amide bonds. The standard InChI is InChI=1S/C26H17ClFN3OS/c27-18-11-9-17(10-12-18)25-14-13-19(33-25)16-31(24-8-4-1-5-20(24)28)26(32)23-15-29-21-6-2-3-7-22(21)30-23/h1-15H,16H2. The van der Waals surface area contributed by atoms with E-state index in [9.17, 15) is 9.18 Å². The van der Waals surface area contributed by atoms with E-state index in [0.29, 0.717) is 16.1 Å². The Morgan fingerprint density at radius 2 is 1.64 bits per heavy atom. The number of fused-ring (bicyclic) bond motifs is 1. The van der Waals surface area contributed by atoms with Crippen LogP contribution < -0.4 is 4.90 Å². The highest BCUT2D eigenvalue weighted by Crippen LogP contribution is 2.31. The van der Waals surface area contributed by atoms with Gasteiger partial charge in [0.25, 0.3) is 5.91 Å². The summed E-state index contributed by atoms with van der Waals surface area (Å²) in [6.07, 6.45) is 1.44. The molecule has 5 aromatic rings. The minimum Gasteiger partial charge on any atom is -0.299 e. The monoisotopic (exact) mass is 473 g/mol. The zero-order chi connectivity index (χ0) is 22.8. The van der Waals surface area contributed by atoms with Crippen molar-refractivity contribution in [2.75, 3.05) is 4.90 Å². The van der Waals surface area contributed by atoms with Crippen molar-refractivity contribution in [3.05, 3.63) is 113 Å². The summed E-state index contributed by atoms with van der Waals surface area (Å²) in [4.78, 5) is 25.7. The molecule has 33 heavy (non-hydrogen) atoms. The molecule has 0 saturated heterocycles. The molecule has 0 N–H and O–H groups in total. The minimum absolute atomic E-state index is 0.159. The summed E-state index contributed by atoms with van der Waals surface area (Å²) in [6, 6.07) is 25.1. The van der Waals surface area contributed by atoms with Crippen LogP contribution in [0, 0.1) is 5.82 Å². The predicted octanol–water partition coefficient (Wildman–Crippen LogP) is 7.00. The van der Waals surface area contributed by atoms with Gasteiger partial charge in [-0.15, -0.1) is 11.3 Å². The van der Waals surface area contributed by atoms with Gasteiger partial charge in [-0.05, 0) is 54.1 Å². The summed E-state index contributed by atoms with van der Waals surface area (Å²) in [5, 5.41) is 0.670. The second-order valence-electron chi connectivity index (χ2n) is 7.36. The van der Waals surface area contributed by atoms with E-state index in [1.165, 1.54) is 17.2 Å². The molecule has 0 saturated carbocycles. The third kappa shape index (κ3) is 4.49. The average molecular weight is 474 g/mol. The predicted molar refractivity (Wildman–Crippen MR) is 131 cm³/mol. The van der Waals surface area contributed by atoms with Crippen LogP contribution in [0.2, 0.25) is 5.02 Å². The highest BCUT2D eigenvalue weighted by molar-refractivity contribution is 7.15. The fourth-order valence-electron chi connectivity index (χ4n) is 3.52. The lowest BCUT2D eigenvalue weighted by atomic mass is 10.2. The number of anilines is 1. The van der Waals surface area contributed by atoms with E-state index in [2.05, 4.69) is 9.97 Å². The highest BCUT2D eigenvalue weighted by Gasteiger charge is 2.23. The van der Waals surface area contributed by atoms with Crippen LogP contribution in [0.15, 0.2) is 91.1 Å². The number of para-hydroxylation sites is 3. The van der Waals surface area contributed by atoms with E-state index in [-0.39, 0.29) is 17.9 Å². The third-order valence-electron chi connectivity index (χ3n) is 5.16. The lowest BCUT2D eigenvalue weighted by molar-refractivity contribution is 0.0979. The molecule has 162 valence electrons. The fraction of sp³-hybridized carbons (Fsp3) is 0.0385. The number of rotatable bonds is 5. The van der Waals surface area contributed by atoms with Crippen LogP contribution in [0.25, 0.3) is 21.5 Å². The molecule has 0 bridgehead atoms. The maximum absolute atomic E-state index is 14.7. The number of hydrogen-bond donors (Lipinski definition) is 0. The van der Waals surface area contributed by atoms with Gasteiger partial charge in [0.05, 0.1) is 29.5 Å². The van der Waals surface area contributed by atoms with Gasteiger partial charge >= 0.3 is 0 Å². The number of hydrogen-bond acceptors (Lipinski definition) is 4. The Kier molecular flexibility index (Phi) is 5.86. The summed E-state index contributed by atoms with van der Waals surface area (Å²) in [7, 11) is 0. The van der Waals surface area contributed by atoms with Crippen LogP contribution in [0.1, 0.15) is 15.4 Å². The van der Waals surface area contributed by atoms with Gasteiger partial charge in [-0.1, -0.05) is 48.0 Å². The van der Waals surface area contributed by atoms with Gasteiger partial charge in [-0.3, -0.25) is 14.7 Å². The Morgan fingerprint density at radius 3 is 2.42 bits per heavy atom. The number of carbonyl (C=O) groups excluding carboxylic acids is 1. The SMILES string of the molecule is O=C(c1cnc2ccccc2n1)N(Cc1ccc(-c2ccc(Cl)cc2)s1)c1ccccc1F. The first kappa shape index (κ1) is 21.2. The Bertz CT molecular complexity index is 1450. The second kappa shape index (κ2) is 9.10. The Morgan fingerprint density at radius 1 is 0.909 bits per heavy atom.